The van der Waals surface area contributed by atoms with Crippen LogP contribution in [0.2, 0.25) is 0 Å². The molecule has 0 heterocycles. The van der Waals surface area contributed by atoms with Crippen LogP contribution in [0.25, 0.3) is 0 Å². The molecule has 0 aliphatic carbocycles. The number of rotatable bonds is 2. The first-order valence-electron chi connectivity index (χ1n) is 1.77. The van der Waals surface area contributed by atoms with Crippen molar-refractivity contribution in [2.75, 3.05) is 6.54 Å². The minimum atomic E-state index is -0.667. The Labute approximate surface area is 45.4 Å². The maximum Gasteiger partial charge on any atom is 0.348 e. The van der Waals surface area contributed by atoms with Gasteiger partial charge in [0.15, 0.2) is 6.54 Å². The Morgan fingerprint density at radius 1 is 1.75 bits per heavy atom. The molecule has 8 heavy (non-hydrogen) atoms. The fourth-order valence-corrected chi connectivity index (χ4v) is 0.136. The van der Waals surface area contributed by atoms with Crippen LogP contribution >= 0.6 is 0 Å². The molecule has 4 N–H and O–H groups in total. The van der Waals surface area contributed by atoms with E-state index >= 15 is 0 Å². The molecule has 6 heteroatoms. The van der Waals surface area contributed by atoms with Crippen LogP contribution in [0.4, 0.5) is 0 Å². The molecule has 0 aliphatic heterocycles. The van der Waals surface area contributed by atoms with Crippen molar-refractivity contribution in [2.24, 2.45) is 22.1 Å². The van der Waals surface area contributed by atoms with Crippen molar-refractivity contribution in [3.05, 3.63) is 0 Å². The van der Waals surface area contributed by atoms with Gasteiger partial charge in [0.25, 0.3) is 0 Å². The molecule has 0 spiro atoms. The Kier molecular flexibility index (Phi) is 3.42. The van der Waals surface area contributed by atoms with Crippen LogP contribution in [0, 0.1) is 0 Å². The van der Waals surface area contributed by atoms with Crippen LogP contribution in [0.15, 0.2) is 10.3 Å². The Morgan fingerprint density at radius 3 is 2.75 bits per heavy atom. The minimum Gasteiger partial charge on any atom is -0.372 e. The van der Waals surface area contributed by atoms with Crippen molar-refractivity contribution in [1.29, 1.82) is 0 Å². The summed E-state index contributed by atoms with van der Waals surface area (Å²) in [5.74, 6) is 8.29. The number of carbonyl (C=O) groups is 1. The first-order chi connectivity index (χ1) is 3.81. The number of nitrogens with zero attached hydrogens (tertiary/aromatic N) is 2. The van der Waals surface area contributed by atoms with Gasteiger partial charge < -0.3 is 10.7 Å². The van der Waals surface area contributed by atoms with Gasteiger partial charge in [-0.1, -0.05) is 5.22 Å². The van der Waals surface area contributed by atoms with E-state index in [0.717, 1.165) is 0 Å². The molecule has 0 aliphatic rings. The molecule has 0 unspecified atom stereocenters. The fraction of sp³-hybridized carbons (Fsp3) is 0.500. The van der Waals surface area contributed by atoms with Gasteiger partial charge in [-0.2, -0.15) is 11.0 Å². The van der Waals surface area contributed by atoms with Gasteiger partial charge in [-0.25, -0.2) is 4.79 Å². The Hall–Kier alpha value is -1.17. The zero-order valence-corrected chi connectivity index (χ0v) is 4.07. The van der Waals surface area contributed by atoms with Gasteiger partial charge in [-0.3, -0.25) is 0 Å². The van der Waals surface area contributed by atoms with Gasteiger partial charge in [0.2, 0.25) is 0 Å². The van der Waals surface area contributed by atoms with Gasteiger partial charge in [0.1, 0.15) is 0 Å². The van der Waals surface area contributed by atoms with Gasteiger partial charge in [-0.05, 0) is 0 Å². The van der Waals surface area contributed by atoms with Crippen LogP contribution in [-0.2, 0) is 9.63 Å². The average molecular weight is 118 g/mol. The number of hydrogen-bond acceptors (Lipinski definition) is 5. The first-order valence-corrected chi connectivity index (χ1v) is 1.77. The maximum absolute atomic E-state index is 10.0. The van der Waals surface area contributed by atoms with Crippen LogP contribution < -0.4 is 11.7 Å². The minimum absolute atomic E-state index is 0.229. The van der Waals surface area contributed by atoms with E-state index in [9.17, 15) is 4.79 Å². The second-order valence-electron chi connectivity index (χ2n) is 0.905. The lowest BCUT2D eigenvalue weighted by Gasteiger charge is -1.87. The van der Waals surface area contributed by atoms with Crippen molar-refractivity contribution in [3.8, 4) is 0 Å². The summed E-state index contributed by atoms with van der Waals surface area (Å²) < 4.78 is 0. The molecule has 6 nitrogen and oxygen atoms in total. The van der Waals surface area contributed by atoms with E-state index < -0.39 is 5.97 Å². The predicted molar refractivity (Wildman–Crippen MR) is 24.2 cm³/mol. The van der Waals surface area contributed by atoms with Crippen molar-refractivity contribution in [1.82, 2.24) is 0 Å². The van der Waals surface area contributed by atoms with Gasteiger partial charge >= 0.3 is 5.97 Å². The van der Waals surface area contributed by atoms with Crippen molar-refractivity contribution < 1.29 is 9.63 Å². The van der Waals surface area contributed by atoms with Crippen LogP contribution in [0.1, 0.15) is 0 Å². The highest BCUT2D eigenvalue weighted by Gasteiger charge is 1.94. The van der Waals surface area contributed by atoms with E-state index in [1.807, 2.05) is 0 Å². The lowest BCUT2D eigenvalue weighted by Crippen LogP contribution is -2.12. The van der Waals surface area contributed by atoms with Gasteiger partial charge in [0, 0.05) is 0 Å². The summed E-state index contributed by atoms with van der Waals surface area (Å²) in [6, 6.07) is 0. The molecule has 0 fully saturated rings. The van der Waals surface area contributed by atoms with Gasteiger partial charge in [-0.15, -0.1) is 0 Å². The number of carbonyl (C=O) groups excluding carboxylic acids is 1. The number of hydrogen-bond donors (Lipinski definition) is 2. The monoisotopic (exact) mass is 118 g/mol. The maximum atomic E-state index is 10.0. The standard InChI is InChI=1S/C2H6N4O2/c3-6-5-1-2(7)8-4/h1,4H2,(H2,3,5). The molecule has 0 radical (unpaired) electrons. The normalized spacial score (nSPS) is 9.62. The van der Waals surface area contributed by atoms with E-state index in [0.29, 0.717) is 0 Å². The summed E-state index contributed by atoms with van der Waals surface area (Å²) in [5.41, 5.74) is 0. The van der Waals surface area contributed by atoms with Crippen LogP contribution in [0.5, 0.6) is 0 Å². The molecule has 0 aromatic rings. The van der Waals surface area contributed by atoms with Crippen LogP contribution in [-0.4, -0.2) is 12.5 Å². The third-order valence-electron chi connectivity index (χ3n) is 0.413. The van der Waals surface area contributed by atoms with Crippen molar-refractivity contribution in [2.45, 2.75) is 0 Å². The Balaban J connectivity index is 3.25. The average Bonchev–Trinajstić information content (AvgIpc) is 1.83. The molecule has 0 amide bonds. The summed E-state index contributed by atoms with van der Waals surface area (Å²) in [5, 5.41) is 5.88. The largest absolute Gasteiger partial charge is 0.372 e. The Bertz CT molecular complexity index is 100. The van der Waals surface area contributed by atoms with Gasteiger partial charge in [0.05, 0.1) is 0 Å². The smallest absolute Gasteiger partial charge is 0.348 e. The third-order valence-corrected chi connectivity index (χ3v) is 0.413. The second kappa shape index (κ2) is 4.00. The molecule has 0 atom stereocenters. The summed E-state index contributed by atoms with van der Waals surface area (Å²) >= 11 is 0. The highest BCUT2D eigenvalue weighted by Crippen LogP contribution is 1.71. The van der Waals surface area contributed by atoms with Crippen molar-refractivity contribution in [3.63, 3.8) is 0 Å². The summed E-state index contributed by atoms with van der Waals surface area (Å²) in [4.78, 5) is 13.7. The zero-order chi connectivity index (χ0) is 6.41. The lowest BCUT2D eigenvalue weighted by molar-refractivity contribution is -0.142. The molecule has 0 aromatic heterocycles. The highest BCUT2D eigenvalue weighted by atomic mass is 16.7. The lowest BCUT2D eigenvalue weighted by atomic mass is 10.7. The van der Waals surface area contributed by atoms with E-state index in [4.69, 9.17) is 0 Å². The van der Waals surface area contributed by atoms with Crippen LogP contribution in [0.3, 0.4) is 0 Å². The number of nitrogens with two attached hydrogens (primary N) is 2. The van der Waals surface area contributed by atoms with E-state index in [1.54, 1.807) is 0 Å². The summed E-state index contributed by atoms with van der Waals surface area (Å²) in [6.07, 6.45) is 0. The molecular weight excluding hydrogens is 112 g/mol. The van der Waals surface area contributed by atoms with E-state index in [2.05, 4.69) is 26.9 Å². The predicted octanol–water partition coefficient (Wildman–Crippen LogP) is -1.27. The SMILES string of the molecule is NN=NCC(=O)ON. The zero-order valence-electron chi connectivity index (χ0n) is 4.07. The molecule has 0 saturated carbocycles. The second-order valence-corrected chi connectivity index (χ2v) is 0.905. The first kappa shape index (κ1) is 6.83. The molecule has 0 aromatic carbocycles. The summed E-state index contributed by atoms with van der Waals surface area (Å²) in [6.45, 7) is -0.229. The Morgan fingerprint density at radius 2 is 2.38 bits per heavy atom. The molecule has 0 saturated heterocycles. The fourth-order valence-electron chi connectivity index (χ4n) is 0.136. The molecule has 0 rings (SSSR count). The summed E-state index contributed by atoms with van der Waals surface area (Å²) in [7, 11) is 0. The van der Waals surface area contributed by atoms with E-state index in [-0.39, 0.29) is 6.54 Å². The topological polar surface area (TPSA) is 103 Å². The quantitative estimate of drug-likeness (QED) is 0.268. The van der Waals surface area contributed by atoms with Crippen molar-refractivity contribution >= 4 is 5.97 Å². The molecule has 46 valence electrons. The van der Waals surface area contributed by atoms with E-state index in [1.165, 1.54) is 0 Å². The molecular formula is C2H6N4O2. The highest BCUT2D eigenvalue weighted by molar-refractivity contribution is 5.71. The third kappa shape index (κ3) is 3.04. The molecule has 0 bridgehead atoms.